The highest BCUT2D eigenvalue weighted by molar-refractivity contribution is 5.67. The number of rotatable bonds is 4. The average Bonchev–Trinajstić information content (AvgIpc) is 2.71. The molecule has 1 atom stereocenters. The Bertz CT molecular complexity index is 847. The number of nitrogens with zero attached hydrogens (tertiary/aromatic N) is 1. The number of aromatic nitrogens is 1. The summed E-state index contributed by atoms with van der Waals surface area (Å²) in [4.78, 5) is 16.0. The molecule has 1 unspecified atom stereocenters. The average molecular weight is 439 g/mol. The van der Waals surface area contributed by atoms with E-state index in [1.54, 1.807) is 33.8 Å². The quantitative estimate of drug-likeness (QED) is 0.603. The lowest BCUT2D eigenvalue weighted by atomic mass is 9.99. The Kier molecular flexibility index (Phi) is 11.3. The smallest absolute Gasteiger partial charge is 0.407 e. The second-order valence-corrected chi connectivity index (χ2v) is 7.62. The minimum Gasteiger partial charge on any atom is -0.444 e. The predicted octanol–water partition coefficient (Wildman–Crippen LogP) is 6.12. The van der Waals surface area contributed by atoms with E-state index in [0.29, 0.717) is 16.8 Å². The molecule has 0 spiro atoms. The zero-order chi connectivity index (χ0) is 24.4. The molecule has 2 N–H and O–H groups in total. The monoisotopic (exact) mass is 438 g/mol. The van der Waals surface area contributed by atoms with Crippen molar-refractivity contribution in [3.8, 4) is 11.3 Å². The van der Waals surface area contributed by atoms with E-state index in [2.05, 4.69) is 10.3 Å². The molecule has 0 aliphatic heterocycles. The van der Waals surface area contributed by atoms with Gasteiger partial charge >= 0.3 is 6.09 Å². The number of benzene rings is 1. The van der Waals surface area contributed by atoms with E-state index in [0.717, 1.165) is 0 Å². The van der Waals surface area contributed by atoms with E-state index in [-0.39, 0.29) is 18.1 Å². The van der Waals surface area contributed by atoms with Gasteiger partial charge in [-0.15, -0.1) is 0 Å². The Morgan fingerprint density at radius 1 is 1.03 bits per heavy atom. The molecule has 0 bridgehead atoms. The third-order valence-corrected chi connectivity index (χ3v) is 3.79. The summed E-state index contributed by atoms with van der Waals surface area (Å²) in [6.07, 6.45) is -0.728. The first-order valence-corrected chi connectivity index (χ1v) is 10.5. The second-order valence-electron chi connectivity index (χ2n) is 7.62. The number of aliphatic hydroxyl groups is 1. The SMILES string of the molecule is CC.CC.Cc1cc(-c2ccc(F)c(C(C)(O)CNC(=O)OC(C)(C)C)n2)ccc1F. The van der Waals surface area contributed by atoms with E-state index in [9.17, 15) is 18.7 Å². The molecule has 0 aliphatic carbocycles. The van der Waals surface area contributed by atoms with Gasteiger partial charge in [0.25, 0.3) is 0 Å². The largest absolute Gasteiger partial charge is 0.444 e. The molecule has 174 valence electrons. The van der Waals surface area contributed by atoms with Crippen LogP contribution in [0.1, 0.15) is 66.6 Å². The van der Waals surface area contributed by atoms with E-state index in [1.807, 2.05) is 27.7 Å². The third-order valence-electron chi connectivity index (χ3n) is 3.79. The van der Waals surface area contributed by atoms with Gasteiger partial charge in [0, 0.05) is 5.56 Å². The fraction of sp³-hybridized carbons (Fsp3) is 0.500. The number of aryl methyl sites for hydroxylation is 1. The molecular formula is C24H36F2N2O3. The lowest BCUT2D eigenvalue weighted by Gasteiger charge is -2.26. The zero-order valence-electron chi connectivity index (χ0n) is 20.1. The van der Waals surface area contributed by atoms with Gasteiger partial charge in [-0.3, -0.25) is 0 Å². The van der Waals surface area contributed by atoms with Gasteiger partial charge in [0.1, 0.15) is 28.5 Å². The van der Waals surface area contributed by atoms with Gasteiger partial charge in [0.2, 0.25) is 0 Å². The fourth-order valence-electron chi connectivity index (χ4n) is 2.43. The molecule has 0 saturated carbocycles. The maximum absolute atomic E-state index is 14.3. The van der Waals surface area contributed by atoms with Crippen LogP contribution in [0, 0.1) is 18.6 Å². The second kappa shape index (κ2) is 12.3. The first-order valence-electron chi connectivity index (χ1n) is 10.5. The van der Waals surface area contributed by atoms with Crippen LogP contribution in [-0.4, -0.2) is 28.3 Å². The van der Waals surface area contributed by atoms with Crippen LogP contribution in [0.4, 0.5) is 13.6 Å². The van der Waals surface area contributed by atoms with Gasteiger partial charge in [-0.25, -0.2) is 18.6 Å². The molecule has 0 fully saturated rings. The molecule has 1 heterocycles. The van der Waals surface area contributed by atoms with Gasteiger partial charge in [-0.1, -0.05) is 27.7 Å². The lowest BCUT2D eigenvalue weighted by molar-refractivity contribution is 0.0279. The molecular weight excluding hydrogens is 402 g/mol. The lowest BCUT2D eigenvalue weighted by Crippen LogP contribution is -2.42. The highest BCUT2D eigenvalue weighted by atomic mass is 19.1. The number of nitrogens with one attached hydrogen (secondary N) is 1. The van der Waals surface area contributed by atoms with Gasteiger partial charge in [0.05, 0.1) is 12.2 Å². The minimum atomic E-state index is -1.77. The molecule has 2 aromatic rings. The molecule has 1 aromatic heterocycles. The van der Waals surface area contributed by atoms with Crippen molar-refractivity contribution in [3.05, 3.63) is 53.2 Å². The molecule has 0 aliphatic rings. The van der Waals surface area contributed by atoms with Crippen molar-refractivity contribution in [2.45, 2.75) is 73.5 Å². The van der Waals surface area contributed by atoms with Gasteiger partial charge in [-0.05, 0) is 70.5 Å². The summed E-state index contributed by atoms with van der Waals surface area (Å²) in [7, 11) is 0. The number of hydrogen-bond donors (Lipinski definition) is 2. The minimum absolute atomic E-state index is 0.224. The van der Waals surface area contributed by atoms with E-state index in [1.165, 1.54) is 31.2 Å². The molecule has 0 radical (unpaired) electrons. The zero-order valence-corrected chi connectivity index (χ0v) is 20.1. The van der Waals surface area contributed by atoms with Crippen molar-refractivity contribution >= 4 is 6.09 Å². The Morgan fingerprint density at radius 3 is 2.10 bits per heavy atom. The number of carbonyl (C=O) groups is 1. The molecule has 1 aromatic carbocycles. The molecule has 0 saturated heterocycles. The standard InChI is InChI=1S/C20H24F2N2O3.2C2H6/c1-12-10-13(6-7-14(12)21)16-9-8-15(22)17(24-16)20(5,26)11-23-18(25)27-19(2,3)4;2*1-2/h6-10,26H,11H2,1-5H3,(H,23,25);2*1-2H3. The van der Waals surface area contributed by atoms with Crippen LogP contribution in [0.5, 0.6) is 0 Å². The molecule has 2 rings (SSSR count). The summed E-state index contributed by atoms with van der Waals surface area (Å²) in [5.41, 5.74) is -1.29. The normalized spacial score (nSPS) is 12.4. The first-order chi connectivity index (χ1) is 14.4. The fourth-order valence-corrected chi connectivity index (χ4v) is 2.43. The number of ether oxygens (including phenoxy) is 1. The molecule has 5 nitrogen and oxygen atoms in total. The van der Waals surface area contributed by atoms with Crippen molar-refractivity contribution in [3.63, 3.8) is 0 Å². The van der Waals surface area contributed by atoms with Gasteiger partial charge in [0.15, 0.2) is 0 Å². The predicted molar refractivity (Wildman–Crippen MR) is 121 cm³/mol. The number of hydrogen-bond acceptors (Lipinski definition) is 4. The van der Waals surface area contributed by atoms with Crippen molar-refractivity contribution < 1.29 is 23.4 Å². The Morgan fingerprint density at radius 2 is 1.58 bits per heavy atom. The number of carbonyl (C=O) groups excluding carboxylic acids is 1. The van der Waals surface area contributed by atoms with E-state index < -0.39 is 23.1 Å². The van der Waals surface area contributed by atoms with Crippen LogP contribution in [0.15, 0.2) is 30.3 Å². The van der Waals surface area contributed by atoms with Crippen LogP contribution in [0.3, 0.4) is 0 Å². The maximum Gasteiger partial charge on any atom is 0.407 e. The van der Waals surface area contributed by atoms with Gasteiger partial charge in [-0.2, -0.15) is 0 Å². The Hall–Kier alpha value is -2.54. The van der Waals surface area contributed by atoms with Crippen molar-refractivity contribution in [2.24, 2.45) is 0 Å². The number of alkyl carbamates (subject to hydrolysis) is 1. The van der Waals surface area contributed by atoms with Crippen molar-refractivity contribution in [1.82, 2.24) is 10.3 Å². The highest BCUT2D eigenvalue weighted by Crippen LogP contribution is 2.26. The number of halogens is 2. The third kappa shape index (κ3) is 9.00. The number of pyridine rings is 1. The summed E-state index contributed by atoms with van der Waals surface area (Å²) >= 11 is 0. The van der Waals surface area contributed by atoms with E-state index in [4.69, 9.17) is 4.74 Å². The topological polar surface area (TPSA) is 71.5 Å². The molecule has 7 heteroatoms. The summed E-state index contributed by atoms with van der Waals surface area (Å²) < 4.78 is 32.9. The van der Waals surface area contributed by atoms with Crippen LogP contribution in [-0.2, 0) is 10.3 Å². The van der Waals surface area contributed by atoms with Crippen LogP contribution in [0.2, 0.25) is 0 Å². The van der Waals surface area contributed by atoms with Crippen LogP contribution >= 0.6 is 0 Å². The first kappa shape index (κ1) is 28.5. The Balaban J connectivity index is 0.00000212. The van der Waals surface area contributed by atoms with Crippen molar-refractivity contribution in [1.29, 1.82) is 0 Å². The summed E-state index contributed by atoms with van der Waals surface area (Å²) in [6, 6.07) is 7.05. The summed E-state index contributed by atoms with van der Waals surface area (Å²) in [5.74, 6) is -1.07. The Labute approximate surface area is 184 Å². The number of amides is 1. The van der Waals surface area contributed by atoms with Gasteiger partial charge < -0.3 is 15.2 Å². The summed E-state index contributed by atoms with van der Waals surface area (Å²) in [6.45, 7) is 15.8. The van der Waals surface area contributed by atoms with E-state index >= 15 is 0 Å². The van der Waals surface area contributed by atoms with Crippen molar-refractivity contribution in [2.75, 3.05) is 6.54 Å². The molecule has 31 heavy (non-hydrogen) atoms. The van der Waals surface area contributed by atoms with Crippen LogP contribution in [0.25, 0.3) is 11.3 Å². The maximum atomic E-state index is 14.3. The highest BCUT2D eigenvalue weighted by Gasteiger charge is 2.30. The summed E-state index contributed by atoms with van der Waals surface area (Å²) in [5, 5.41) is 13.1. The van der Waals surface area contributed by atoms with Crippen LogP contribution < -0.4 is 5.32 Å². The molecule has 1 amide bonds.